The fourth-order valence-electron chi connectivity index (χ4n) is 0.750. The maximum absolute atomic E-state index is 12.9. The van der Waals surface area contributed by atoms with Gasteiger partial charge in [-0.05, 0) is 20.8 Å². The highest BCUT2D eigenvalue weighted by atomic mass is 31.2. The van der Waals surface area contributed by atoms with Crippen molar-refractivity contribution in [1.29, 1.82) is 0 Å². The lowest BCUT2D eigenvalue weighted by molar-refractivity contribution is 0.0515. The van der Waals surface area contributed by atoms with E-state index >= 15 is 0 Å². The Balaban J connectivity index is 3.72. The minimum atomic E-state index is -2.26. The number of halogens is 1. The molecule has 0 aromatic rings. The molecule has 0 heterocycles. The first-order valence-electron chi connectivity index (χ1n) is 4.47. The molecule has 5 nitrogen and oxygen atoms in total. The normalized spacial score (nSPS) is 13.8. The maximum Gasteiger partial charge on any atom is 0.407 e. The third kappa shape index (κ3) is 9.85. The number of alkyl halides is 1. The highest BCUT2D eigenvalue weighted by molar-refractivity contribution is 7.45. The van der Waals surface area contributed by atoms with Crippen LogP contribution in [-0.4, -0.2) is 40.4 Å². The number of ether oxygens (including phenoxy) is 1. The number of carbonyl (C=O) groups excluding carboxylic acids is 1. The van der Waals surface area contributed by atoms with Crippen LogP contribution in [0.5, 0.6) is 0 Å². The molecule has 0 fully saturated rings. The molecule has 0 radical (unpaired) electrons. The summed E-state index contributed by atoms with van der Waals surface area (Å²) in [6.45, 7) is 4.80. The van der Waals surface area contributed by atoms with Gasteiger partial charge in [0.25, 0.3) is 0 Å². The second-order valence-corrected chi connectivity index (χ2v) is 5.14. The molecule has 0 bridgehead atoms. The Morgan fingerprint density at radius 2 is 2.07 bits per heavy atom. The highest BCUT2D eigenvalue weighted by Gasteiger charge is 2.18. The van der Waals surface area contributed by atoms with Crippen molar-refractivity contribution in [2.75, 3.05) is 12.7 Å². The van der Waals surface area contributed by atoms with E-state index in [0.29, 0.717) is 0 Å². The monoisotopic (exact) mass is 241 g/mol. The number of hydrogen-bond donors (Lipinski definition) is 3. The van der Waals surface area contributed by atoms with Crippen molar-refractivity contribution in [1.82, 2.24) is 5.32 Å². The summed E-state index contributed by atoms with van der Waals surface area (Å²) in [4.78, 5) is 28.1. The van der Waals surface area contributed by atoms with Crippen molar-refractivity contribution in [2.24, 2.45) is 0 Å². The molecule has 1 amide bonds. The van der Waals surface area contributed by atoms with Crippen LogP contribution in [0, 0.1) is 0 Å². The van der Waals surface area contributed by atoms with Gasteiger partial charge >= 0.3 is 6.09 Å². The molecule has 0 aromatic heterocycles. The van der Waals surface area contributed by atoms with E-state index in [0.717, 1.165) is 0 Å². The van der Waals surface area contributed by atoms with Crippen molar-refractivity contribution >= 4 is 14.5 Å². The van der Waals surface area contributed by atoms with Gasteiger partial charge in [0.05, 0.1) is 12.7 Å². The minimum Gasteiger partial charge on any atom is -0.444 e. The lowest BCUT2D eigenvalue weighted by Gasteiger charge is -2.20. The van der Waals surface area contributed by atoms with Gasteiger partial charge in [-0.15, -0.1) is 0 Å². The van der Waals surface area contributed by atoms with Gasteiger partial charge in [-0.25, -0.2) is 9.18 Å². The average Bonchev–Trinajstić information content (AvgIpc) is 1.96. The van der Waals surface area contributed by atoms with Crippen LogP contribution in [0.4, 0.5) is 9.18 Å². The first-order chi connectivity index (χ1) is 6.70. The van der Waals surface area contributed by atoms with Gasteiger partial charge in [0.2, 0.25) is 0 Å². The SMILES string of the molecule is CC(C)(C)OC(=O)NC[C@@H](F)CP(O)O. The quantitative estimate of drug-likeness (QED) is 0.645. The summed E-state index contributed by atoms with van der Waals surface area (Å²) in [5.74, 6) is 0. The third-order valence-electron chi connectivity index (χ3n) is 1.23. The first kappa shape index (κ1) is 14.6. The summed E-state index contributed by atoms with van der Waals surface area (Å²) in [5, 5.41) is 2.20. The Bertz CT molecular complexity index is 207. The Morgan fingerprint density at radius 1 is 1.53 bits per heavy atom. The maximum atomic E-state index is 12.9. The average molecular weight is 241 g/mol. The zero-order chi connectivity index (χ0) is 12.1. The molecule has 3 N–H and O–H groups in total. The van der Waals surface area contributed by atoms with Gasteiger partial charge in [0.15, 0.2) is 8.38 Å². The van der Waals surface area contributed by atoms with Gasteiger partial charge in [0.1, 0.15) is 11.8 Å². The van der Waals surface area contributed by atoms with Crippen molar-refractivity contribution in [2.45, 2.75) is 32.5 Å². The van der Waals surface area contributed by atoms with Crippen molar-refractivity contribution in [3.8, 4) is 0 Å². The van der Waals surface area contributed by atoms with Gasteiger partial charge < -0.3 is 19.8 Å². The van der Waals surface area contributed by atoms with Crippen molar-refractivity contribution in [3.05, 3.63) is 0 Å². The summed E-state index contributed by atoms with van der Waals surface area (Å²) in [5.41, 5.74) is -0.629. The van der Waals surface area contributed by atoms with E-state index in [9.17, 15) is 9.18 Å². The molecule has 0 unspecified atom stereocenters. The molecule has 0 saturated carbocycles. The van der Waals surface area contributed by atoms with Crippen LogP contribution < -0.4 is 5.32 Å². The lowest BCUT2D eigenvalue weighted by atomic mass is 10.2. The molecule has 0 aromatic carbocycles. The summed E-state index contributed by atoms with van der Waals surface area (Å²) >= 11 is 0. The number of rotatable bonds is 4. The smallest absolute Gasteiger partial charge is 0.407 e. The molecule has 1 atom stereocenters. The topological polar surface area (TPSA) is 78.8 Å². The Hall–Kier alpha value is -0.450. The van der Waals surface area contributed by atoms with Gasteiger partial charge in [-0.1, -0.05) is 0 Å². The summed E-state index contributed by atoms with van der Waals surface area (Å²) in [7, 11) is -2.26. The van der Waals surface area contributed by atoms with Crippen molar-refractivity contribution in [3.63, 3.8) is 0 Å². The molecule has 90 valence electrons. The third-order valence-corrected chi connectivity index (χ3v) is 1.95. The Labute approximate surface area is 89.5 Å². The van der Waals surface area contributed by atoms with Crippen LogP contribution in [0.25, 0.3) is 0 Å². The molecule has 0 aliphatic rings. The predicted molar refractivity (Wildman–Crippen MR) is 55.4 cm³/mol. The highest BCUT2D eigenvalue weighted by Crippen LogP contribution is 2.24. The molecule has 0 rings (SSSR count). The van der Waals surface area contributed by atoms with Crippen LogP contribution in [0.2, 0.25) is 0 Å². The Kier molecular flexibility index (Phi) is 6.02. The molecule has 7 heteroatoms. The number of alkyl carbamates (subject to hydrolysis) is 1. The zero-order valence-corrected chi connectivity index (χ0v) is 9.92. The molecule has 0 aliphatic carbocycles. The van der Waals surface area contributed by atoms with E-state index in [-0.39, 0.29) is 12.7 Å². The number of nitrogens with one attached hydrogen (secondary N) is 1. The van der Waals surface area contributed by atoms with Crippen LogP contribution in [-0.2, 0) is 4.74 Å². The molecule has 0 aliphatic heterocycles. The zero-order valence-electron chi connectivity index (χ0n) is 9.03. The van der Waals surface area contributed by atoms with E-state index < -0.39 is 26.2 Å². The van der Waals surface area contributed by atoms with E-state index in [1.165, 1.54) is 0 Å². The number of amides is 1. The summed E-state index contributed by atoms with van der Waals surface area (Å²) in [6, 6.07) is 0. The summed E-state index contributed by atoms with van der Waals surface area (Å²) in [6.07, 6.45) is -2.56. The molecule has 0 spiro atoms. The number of hydrogen-bond acceptors (Lipinski definition) is 4. The van der Waals surface area contributed by atoms with Gasteiger partial charge in [-0.3, -0.25) is 0 Å². The van der Waals surface area contributed by atoms with Crippen LogP contribution in [0.3, 0.4) is 0 Å². The molecule has 15 heavy (non-hydrogen) atoms. The lowest BCUT2D eigenvalue weighted by Crippen LogP contribution is -2.36. The fraction of sp³-hybridized carbons (Fsp3) is 0.875. The second kappa shape index (κ2) is 6.20. The van der Waals surface area contributed by atoms with E-state index in [2.05, 4.69) is 5.32 Å². The largest absolute Gasteiger partial charge is 0.444 e. The van der Waals surface area contributed by atoms with Crippen LogP contribution in [0.15, 0.2) is 0 Å². The molecular weight excluding hydrogens is 224 g/mol. The van der Waals surface area contributed by atoms with Crippen LogP contribution >= 0.6 is 8.38 Å². The van der Waals surface area contributed by atoms with Gasteiger partial charge in [-0.2, -0.15) is 0 Å². The predicted octanol–water partition coefficient (Wildman–Crippen LogP) is 1.15. The fourth-order valence-corrected chi connectivity index (χ4v) is 1.23. The van der Waals surface area contributed by atoms with Crippen molar-refractivity contribution < 1.29 is 23.7 Å². The first-order valence-corrected chi connectivity index (χ1v) is 5.90. The van der Waals surface area contributed by atoms with Gasteiger partial charge in [0, 0.05) is 0 Å². The van der Waals surface area contributed by atoms with Crippen LogP contribution in [0.1, 0.15) is 20.8 Å². The van der Waals surface area contributed by atoms with E-state index in [1.807, 2.05) is 0 Å². The molecule has 0 saturated heterocycles. The Morgan fingerprint density at radius 3 is 2.47 bits per heavy atom. The van der Waals surface area contributed by atoms with E-state index in [4.69, 9.17) is 14.5 Å². The second-order valence-electron chi connectivity index (χ2n) is 4.03. The minimum absolute atomic E-state index is 0.283. The number of carbonyl (C=O) groups is 1. The molecular formula is C8H17FNO4P. The van der Waals surface area contributed by atoms with E-state index in [1.54, 1.807) is 20.8 Å². The summed E-state index contributed by atoms with van der Waals surface area (Å²) < 4.78 is 17.7. The standard InChI is InChI=1S/C8H17FNO4P/c1-8(2,3)14-7(11)10-4-6(9)5-15(12)13/h6,12-13H,4-5H2,1-3H3,(H,10,11)/t6-/m1/s1.